The lowest BCUT2D eigenvalue weighted by molar-refractivity contribution is -0.383. The second-order valence-electron chi connectivity index (χ2n) is 6.19. The maximum Gasteiger partial charge on any atom is 0.353 e. The van der Waals surface area contributed by atoms with Gasteiger partial charge >= 0.3 is 5.69 Å². The van der Waals surface area contributed by atoms with E-state index in [4.69, 9.17) is 5.73 Å². The normalized spacial score (nSPS) is 17.4. The van der Waals surface area contributed by atoms with Crippen molar-refractivity contribution < 1.29 is 9.31 Å². The number of anilines is 4. The number of aromatic nitrogens is 2. The average molecular weight is 346 g/mol. The lowest BCUT2D eigenvalue weighted by Crippen LogP contribution is -2.35. The van der Waals surface area contributed by atoms with Gasteiger partial charge in [-0.15, -0.1) is 0 Å². The van der Waals surface area contributed by atoms with Crippen LogP contribution in [0.2, 0.25) is 0 Å². The van der Waals surface area contributed by atoms with Gasteiger partial charge in [-0.3, -0.25) is 10.1 Å². The molecule has 0 aliphatic carbocycles. The molecular formula is C16H19FN6O2. The van der Waals surface area contributed by atoms with Crippen molar-refractivity contribution in [2.75, 3.05) is 29.0 Å². The van der Waals surface area contributed by atoms with Gasteiger partial charge in [0, 0.05) is 18.8 Å². The van der Waals surface area contributed by atoms with Crippen LogP contribution in [-0.2, 0) is 0 Å². The number of hydrogen-bond donors (Lipinski definition) is 2. The summed E-state index contributed by atoms with van der Waals surface area (Å²) in [6, 6.07) is 5.61. The third-order valence-corrected chi connectivity index (χ3v) is 4.11. The number of nitrogens with zero attached hydrogens (tertiary/aromatic N) is 4. The Labute approximate surface area is 144 Å². The SMILES string of the molecule is C[C@H]1CCCN(c2nc(N)c([N+](=O)[O-])c(Nc3cccc(F)c3)n2)C1. The largest absolute Gasteiger partial charge is 0.378 e. The van der Waals surface area contributed by atoms with Crippen molar-refractivity contribution >= 4 is 29.0 Å². The Bertz CT molecular complexity index is 800. The second kappa shape index (κ2) is 6.88. The highest BCUT2D eigenvalue weighted by atomic mass is 19.1. The third kappa shape index (κ3) is 3.76. The quantitative estimate of drug-likeness (QED) is 0.646. The molecule has 1 aliphatic heterocycles. The molecule has 132 valence electrons. The van der Waals surface area contributed by atoms with E-state index >= 15 is 0 Å². The average Bonchev–Trinajstić information content (AvgIpc) is 2.54. The number of nitrogens with one attached hydrogen (secondary N) is 1. The Morgan fingerprint density at radius 3 is 2.92 bits per heavy atom. The summed E-state index contributed by atoms with van der Waals surface area (Å²) in [5.74, 6) is 0.102. The first-order valence-corrected chi connectivity index (χ1v) is 8.03. The number of benzene rings is 1. The summed E-state index contributed by atoms with van der Waals surface area (Å²) in [4.78, 5) is 21.1. The molecule has 8 nitrogen and oxygen atoms in total. The van der Waals surface area contributed by atoms with E-state index in [1.54, 1.807) is 6.07 Å². The van der Waals surface area contributed by atoms with Crippen LogP contribution < -0.4 is 16.0 Å². The minimum absolute atomic E-state index is 0.0451. The first-order valence-electron chi connectivity index (χ1n) is 8.03. The molecule has 1 atom stereocenters. The molecule has 9 heteroatoms. The lowest BCUT2D eigenvalue weighted by Gasteiger charge is -2.31. The smallest absolute Gasteiger partial charge is 0.353 e. The van der Waals surface area contributed by atoms with Crippen molar-refractivity contribution in [3.8, 4) is 0 Å². The maximum absolute atomic E-state index is 13.4. The summed E-state index contributed by atoms with van der Waals surface area (Å²) in [6.45, 7) is 3.66. The molecule has 0 radical (unpaired) electrons. The summed E-state index contributed by atoms with van der Waals surface area (Å²) in [5.41, 5.74) is 5.74. The Morgan fingerprint density at radius 2 is 2.24 bits per heavy atom. The molecule has 0 unspecified atom stereocenters. The summed E-state index contributed by atoms with van der Waals surface area (Å²) in [5, 5.41) is 14.1. The van der Waals surface area contributed by atoms with Crippen LogP contribution in [0.4, 0.5) is 33.3 Å². The monoisotopic (exact) mass is 346 g/mol. The molecule has 0 bridgehead atoms. The zero-order valence-corrected chi connectivity index (χ0v) is 13.8. The number of nitro groups is 1. The van der Waals surface area contributed by atoms with E-state index in [2.05, 4.69) is 22.2 Å². The molecule has 2 heterocycles. The van der Waals surface area contributed by atoms with Gasteiger partial charge in [-0.2, -0.15) is 9.97 Å². The van der Waals surface area contributed by atoms with Crippen LogP contribution in [-0.4, -0.2) is 28.0 Å². The highest BCUT2D eigenvalue weighted by molar-refractivity contribution is 5.74. The van der Waals surface area contributed by atoms with Crippen LogP contribution in [0.1, 0.15) is 19.8 Å². The molecule has 0 spiro atoms. The molecule has 2 aromatic rings. The fraction of sp³-hybridized carbons (Fsp3) is 0.375. The van der Waals surface area contributed by atoms with Gasteiger partial charge < -0.3 is 16.0 Å². The van der Waals surface area contributed by atoms with Crippen molar-refractivity contribution in [3.63, 3.8) is 0 Å². The van der Waals surface area contributed by atoms with Crippen LogP contribution in [0.15, 0.2) is 24.3 Å². The molecule has 1 fully saturated rings. The Balaban J connectivity index is 2.00. The van der Waals surface area contributed by atoms with E-state index in [1.807, 2.05) is 4.90 Å². The highest BCUT2D eigenvalue weighted by Gasteiger charge is 2.27. The summed E-state index contributed by atoms with van der Waals surface area (Å²) >= 11 is 0. The van der Waals surface area contributed by atoms with E-state index in [-0.39, 0.29) is 11.6 Å². The molecule has 25 heavy (non-hydrogen) atoms. The van der Waals surface area contributed by atoms with Gasteiger partial charge in [-0.1, -0.05) is 13.0 Å². The minimum Gasteiger partial charge on any atom is -0.378 e. The van der Waals surface area contributed by atoms with Gasteiger partial charge in [-0.25, -0.2) is 4.39 Å². The summed E-state index contributed by atoms with van der Waals surface area (Å²) in [7, 11) is 0. The van der Waals surface area contributed by atoms with Crippen molar-refractivity contribution in [1.29, 1.82) is 0 Å². The van der Waals surface area contributed by atoms with Crippen LogP contribution in [0, 0.1) is 21.8 Å². The van der Waals surface area contributed by atoms with Gasteiger partial charge in [0.1, 0.15) is 5.82 Å². The van der Waals surface area contributed by atoms with Gasteiger partial charge in [0.05, 0.1) is 4.92 Å². The first-order chi connectivity index (χ1) is 11.9. The maximum atomic E-state index is 13.4. The molecule has 0 saturated carbocycles. The van der Waals surface area contributed by atoms with Crippen LogP contribution in [0.25, 0.3) is 0 Å². The number of halogens is 1. The zero-order valence-electron chi connectivity index (χ0n) is 13.8. The number of nitrogen functional groups attached to an aromatic ring is 1. The molecule has 1 aliphatic rings. The fourth-order valence-corrected chi connectivity index (χ4v) is 2.94. The molecule has 1 saturated heterocycles. The number of rotatable bonds is 4. The predicted octanol–water partition coefficient (Wildman–Crippen LogP) is 3.09. The minimum atomic E-state index is -0.639. The van der Waals surface area contributed by atoms with E-state index in [0.29, 0.717) is 17.6 Å². The van der Waals surface area contributed by atoms with Crippen molar-refractivity contribution in [2.45, 2.75) is 19.8 Å². The van der Waals surface area contributed by atoms with Gasteiger partial charge in [0.2, 0.25) is 17.6 Å². The Hall–Kier alpha value is -2.97. The molecule has 3 rings (SSSR count). The van der Waals surface area contributed by atoms with Crippen molar-refractivity contribution in [3.05, 3.63) is 40.2 Å². The van der Waals surface area contributed by atoms with Gasteiger partial charge in [0.15, 0.2) is 0 Å². The van der Waals surface area contributed by atoms with Crippen molar-refractivity contribution in [1.82, 2.24) is 9.97 Å². The second-order valence-corrected chi connectivity index (χ2v) is 6.19. The van der Waals surface area contributed by atoms with E-state index < -0.39 is 16.4 Å². The number of nitrogens with two attached hydrogens (primary N) is 1. The van der Waals surface area contributed by atoms with Crippen LogP contribution >= 0.6 is 0 Å². The van der Waals surface area contributed by atoms with E-state index in [1.165, 1.54) is 18.2 Å². The number of hydrogen-bond acceptors (Lipinski definition) is 7. The molecule has 0 amide bonds. The zero-order chi connectivity index (χ0) is 18.0. The fourth-order valence-electron chi connectivity index (χ4n) is 2.94. The third-order valence-electron chi connectivity index (χ3n) is 4.11. The van der Waals surface area contributed by atoms with Crippen LogP contribution in [0.5, 0.6) is 0 Å². The predicted molar refractivity (Wildman–Crippen MR) is 93.4 cm³/mol. The Kier molecular flexibility index (Phi) is 4.64. The Morgan fingerprint density at radius 1 is 1.44 bits per heavy atom. The highest BCUT2D eigenvalue weighted by Crippen LogP contribution is 2.33. The summed E-state index contributed by atoms with van der Waals surface area (Å²) in [6.07, 6.45) is 2.11. The molecule has 1 aromatic carbocycles. The van der Waals surface area contributed by atoms with Crippen LogP contribution in [0.3, 0.4) is 0 Å². The van der Waals surface area contributed by atoms with Gasteiger partial charge in [-0.05, 0) is 37.0 Å². The van der Waals surface area contributed by atoms with Crippen molar-refractivity contribution in [2.24, 2.45) is 5.92 Å². The standard InChI is InChI=1S/C16H19FN6O2/c1-10-4-3-7-22(9-10)16-20-14(18)13(23(24)25)15(21-16)19-12-6-2-5-11(17)8-12/h2,5-6,8,10H,3-4,7,9H2,1H3,(H3,18,19,20,21)/t10-/m0/s1. The molecular weight excluding hydrogens is 327 g/mol. The lowest BCUT2D eigenvalue weighted by atomic mass is 10.0. The summed E-state index contributed by atoms with van der Waals surface area (Å²) < 4.78 is 13.4. The van der Waals surface area contributed by atoms with Gasteiger partial charge in [0.25, 0.3) is 0 Å². The van der Waals surface area contributed by atoms with E-state index in [9.17, 15) is 14.5 Å². The van der Waals surface area contributed by atoms with E-state index in [0.717, 1.165) is 25.9 Å². The number of piperidine rings is 1. The molecule has 1 aromatic heterocycles. The molecule has 3 N–H and O–H groups in total. The first kappa shape index (κ1) is 16.9. The topological polar surface area (TPSA) is 110 Å².